The largest absolute Gasteiger partial charge is 0.343 e. The lowest BCUT2D eigenvalue weighted by molar-refractivity contribution is 0.101. The maximum absolute atomic E-state index is 14.9. The Morgan fingerprint density at radius 3 is 1.95 bits per heavy atom. The summed E-state index contributed by atoms with van der Waals surface area (Å²) in [6.07, 6.45) is 2.52. The summed E-state index contributed by atoms with van der Waals surface area (Å²) in [5, 5.41) is 0. The number of hydrogen-bond acceptors (Lipinski definition) is 2. The normalized spacial score (nSPS) is 11.9. The van der Waals surface area contributed by atoms with E-state index in [1.54, 1.807) is 30.5 Å². The summed E-state index contributed by atoms with van der Waals surface area (Å²) in [6, 6.07) is 16.1. The number of benzene rings is 2. The molecule has 0 unspecified atom stereocenters. The van der Waals surface area contributed by atoms with E-state index in [9.17, 15) is 14.0 Å². The van der Waals surface area contributed by atoms with Crippen LogP contribution in [0.1, 0.15) is 108 Å². The summed E-state index contributed by atoms with van der Waals surface area (Å²) in [5.74, 6) is -0.342. The number of aryl methyl sites for hydroxylation is 1. The molecule has 2 aromatic carbocycles. The first-order valence-corrected chi connectivity index (χ1v) is 14.1. The number of nitrogens with zero attached hydrogens (tertiary/aromatic N) is 1. The third kappa shape index (κ3) is 7.75. The fourth-order valence-corrected chi connectivity index (χ4v) is 4.79. The fourth-order valence-electron chi connectivity index (χ4n) is 4.79. The molecule has 210 valence electrons. The Morgan fingerprint density at radius 1 is 0.923 bits per heavy atom. The number of Topliss-reactive ketones (excluding diaryl/α,β-unsaturated/α-hetero) is 1. The maximum Gasteiger partial charge on any atom is 0.192 e. The highest BCUT2D eigenvalue weighted by Crippen LogP contribution is 2.39. The topological polar surface area (TPSA) is 39.1 Å². The minimum atomic E-state index is -0.352. The van der Waals surface area contributed by atoms with Gasteiger partial charge in [-0.3, -0.25) is 9.59 Å². The van der Waals surface area contributed by atoms with Gasteiger partial charge in [-0.2, -0.15) is 0 Å². The molecule has 0 spiro atoms. The van der Waals surface area contributed by atoms with Gasteiger partial charge in [0.1, 0.15) is 5.82 Å². The number of rotatable bonds is 8. The highest BCUT2D eigenvalue weighted by molar-refractivity contribution is 6.14. The SMILES string of the molecule is C=C(/C(=C(\C)c1cc(=O)c(C(C)=O)cn1[C@@H](CC)C(C)C)c1ccccc1C)c1ccccc1F.CC.CC. The molecule has 0 radical (unpaired) electrons. The Kier molecular flexibility index (Phi) is 13.6. The summed E-state index contributed by atoms with van der Waals surface area (Å²) in [4.78, 5) is 25.2. The van der Waals surface area contributed by atoms with Crippen molar-refractivity contribution in [3.63, 3.8) is 0 Å². The van der Waals surface area contributed by atoms with Crippen molar-refractivity contribution in [2.45, 2.75) is 81.7 Å². The van der Waals surface area contributed by atoms with Crippen molar-refractivity contribution in [2.24, 2.45) is 5.92 Å². The van der Waals surface area contributed by atoms with Crippen LogP contribution in [0.5, 0.6) is 0 Å². The van der Waals surface area contributed by atoms with Crippen molar-refractivity contribution in [1.82, 2.24) is 4.57 Å². The van der Waals surface area contributed by atoms with Gasteiger partial charge in [0, 0.05) is 29.6 Å². The van der Waals surface area contributed by atoms with E-state index in [2.05, 4.69) is 27.4 Å². The van der Waals surface area contributed by atoms with E-state index in [4.69, 9.17) is 0 Å². The van der Waals surface area contributed by atoms with Gasteiger partial charge < -0.3 is 4.57 Å². The van der Waals surface area contributed by atoms with Gasteiger partial charge in [-0.05, 0) is 67.0 Å². The minimum absolute atomic E-state index is 0.0681. The molecular formula is C35H46FNO2. The molecule has 0 aliphatic carbocycles. The lowest BCUT2D eigenvalue weighted by Crippen LogP contribution is -2.24. The third-order valence-corrected chi connectivity index (χ3v) is 6.68. The Morgan fingerprint density at radius 2 is 1.46 bits per heavy atom. The zero-order valence-corrected chi connectivity index (χ0v) is 25.5. The predicted molar refractivity (Wildman–Crippen MR) is 167 cm³/mol. The summed E-state index contributed by atoms with van der Waals surface area (Å²) >= 11 is 0. The monoisotopic (exact) mass is 531 g/mol. The molecule has 3 aromatic rings. The molecule has 3 rings (SSSR count). The molecule has 0 N–H and O–H groups in total. The van der Waals surface area contributed by atoms with Crippen LogP contribution < -0.4 is 5.43 Å². The summed E-state index contributed by atoms with van der Waals surface area (Å²) in [6.45, 7) is 24.0. The Bertz CT molecular complexity index is 1360. The lowest BCUT2D eigenvalue weighted by Gasteiger charge is -2.28. The predicted octanol–water partition coefficient (Wildman–Crippen LogP) is 9.80. The zero-order chi connectivity index (χ0) is 29.9. The number of halogens is 1. The van der Waals surface area contributed by atoms with E-state index in [-0.39, 0.29) is 34.6 Å². The molecule has 0 saturated carbocycles. The number of ketones is 1. The van der Waals surface area contributed by atoms with Crippen molar-refractivity contribution in [1.29, 1.82) is 0 Å². The van der Waals surface area contributed by atoms with Gasteiger partial charge in [-0.15, -0.1) is 0 Å². The number of pyridine rings is 1. The molecule has 1 aromatic heterocycles. The Hall–Kier alpha value is -3.53. The first kappa shape index (κ1) is 33.5. The molecule has 1 heterocycles. The van der Waals surface area contributed by atoms with Gasteiger partial charge in [0.2, 0.25) is 0 Å². The van der Waals surface area contributed by atoms with Crippen LogP contribution in [0.15, 0.2) is 72.2 Å². The highest BCUT2D eigenvalue weighted by Gasteiger charge is 2.23. The molecule has 0 fully saturated rings. The molecule has 0 aliphatic heterocycles. The van der Waals surface area contributed by atoms with Crippen molar-refractivity contribution in [3.05, 3.63) is 111 Å². The Balaban J connectivity index is 0.00000181. The zero-order valence-electron chi connectivity index (χ0n) is 25.5. The first-order chi connectivity index (χ1) is 18.6. The van der Waals surface area contributed by atoms with Gasteiger partial charge in [-0.1, -0.05) is 97.5 Å². The number of allylic oxidation sites excluding steroid dienone is 3. The molecule has 0 aliphatic rings. The highest BCUT2D eigenvalue weighted by atomic mass is 19.1. The van der Waals surface area contributed by atoms with E-state index in [0.717, 1.165) is 28.7 Å². The minimum Gasteiger partial charge on any atom is -0.343 e. The molecule has 3 nitrogen and oxygen atoms in total. The van der Waals surface area contributed by atoms with E-state index in [1.807, 2.05) is 70.4 Å². The van der Waals surface area contributed by atoms with Crippen LogP contribution in [0.25, 0.3) is 16.7 Å². The summed E-state index contributed by atoms with van der Waals surface area (Å²) < 4.78 is 16.9. The number of carbonyl (C=O) groups is 1. The average molecular weight is 532 g/mol. The summed E-state index contributed by atoms with van der Waals surface area (Å²) in [5.41, 5.74) is 5.03. The second-order valence-corrected chi connectivity index (χ2v) is 9.39. The van der Waals surface area contributed by atoms with Crippen molar-refractivity contribution in [3.8, 4) is 0 Å². The quantitative estimate of drug-likeness (QED) is 0.214. The standard InChI is InChI=1S/C31H34FNO2.2C2H6/c1-8-28(19(2)3)33-18-26(23(7)34)30(35)17-29(33)22(6)31(24-14-10-9-13-20(24)4)21(5)25-15-11-12-16-27(25)32;2*1-2/h9-19,28H,5,8H2,1-4,6-7H3;2*1-2H3/b31-22-;;/t28-;;/m0../s1. The van der Waals surface area contributed by atoms with E-state index < -0.39 is 0 Å². The maximum atomic E-state index is 14.9. The van der Waals surface area contributed by atoms with Crippen LogP contribution in [0.4, 0.5) is 4.39 Å². The van der Waals surface area contributed by atoms with Crippen LogP contribution in [0.3, 0.4) is 0 Å². The number of aromatic nitrogens is 1. The van der Waals surface area contributed by atoms with E-state index in [1.165, 1.54) is 13.0 Å². The molecule has 0 amide bonds. The van der Waals surface area contributed by atoms with Crippen LogP contribution in [-0.2, 0) is 0 Å². The summed E-state index contributed by atoms with van der Waals surface area (Å²) in [7, 11) is 0. The van der Waals surface area contributed by atoms with Crippen LogP contribution >= 0.6 is 0 Å². The number of carbonyl (C=O) groups excluding carboxylic acids is 1. The second kappa shape index (κ2) is 15.8. The Labute approximate surface area is 235 Å². The molecule has 1 atom stereocenters. The van der Waals surface area contributed by atoms with Gasteiger partial charge in [0.15, 0.2) is 11.2 Å². The fraction of sp³-hybridized carbons (Fsp3) is 0.371. The van der Waals surface area contributed by atoms with Gasteiger partial charge in [0.25, 0.3) is 0 Å². The average Bonchev–Trinajstić information content (AvgIpc) is 2.92. The lowest BCUT2D eigenvalue weighted by atomic mass is 9.86. The van der Waals surface area contributed by atoms with Gasteiger partial charge >= 0.3 is 0 Å². The van der Waals surface area contributed by atoms with Crippen LogP contribution in [-0.4, -0.2) is 10.4 Å². The third-order valence-electron chi connectivity index (χ3n) is 6.68. The molecule has 0 saturated heterocycles. The van der Waals surface area contributed by atoms with Gasteiger partial charge in [-0.25, -0.2) is 4.39 Å². The van der Waals surface area contributed by atoms with Crippen molar-refractivity contribution < 1.29 is 9.18 Å². The molecule has 39 heavy (non-hydrogen) atoms. The van der Waals surface area contributed by atoms with Crippen LogP contribution in [0, 0.1) is 18.7 Å². The second-order valence-electron chi connectivity index (χ2n) is 9.39. The smallest absolute Gasteiger partial charge is 0.192 e. The number of hydrogen-bond donors (Lipinski definition) is 0. The van der Waals surface area contributed by atoms with Gasteiger partial charge in [0.05, 0.1) is 5.56 Å². The van der Waals surface area contributed by atoms with Crippen molar-refractivity contribution in [2.75, 3.05) is 0 Å². The molecule has 4 heteroatoms. The van der Waals surface area contributed by atoms with E-state index >= 15 is 0 Å². The van der Waals surface area contributed by atoms with Crippen LogP contribution in [0.2, 0.25) is 0 Å². The molecule has 0 bridgehead atoms. The van der Waals surface area contributed by atoms with E-state index in [0.29, 0.717) is 16.8 Å². The molecular weight excluding hydrogens is 485 g/mol. The van der Waals surface area contributed by atoms with Crippen molar-refractivity contribution >= 4 is 22.5 Å². The first-order valence-electron chi connectivity index (χ1n) is 14.1.